The summed E-state index contributed by atoms with van der Waals surface area (Å²) in [5.41, 5.74) is 0. The molecule has 0 spiro atoms. The monoisotopic (exact) mass is 366 g/mol. The van der Waals surface area contributed by atoms with Gasteiger partial charge in [0.25, 0.3) is 0 Å². The molecule has 25 heavy (non-hydrogen) atoms. The fourth-order valence-electron chi connectivity index (χ4n) is 3.61. The number of carbonyl (C=O) groups excluding carboxylic acids is 1. The normalized spacial score (nSPS) is 25.2. The Labute approximate surface area is 149 Å². The molecule has 138 valence electrons. The van der Waals surface area contributed by atoms with Crippen molar-refractivity contribution in [3.63, 3.8) is 0 Å². The summed E-state index contributed by atoms with van der Waals surface area (Å²) in [4.78, 5) is 12.6. The van der Waals surface area contributed by atoms with Gasteiger partial charge in [-0.1, -0.05) is 19.8 Å². The SMILES string of the molecule is COc1ccc(S(=O)(=O)N2CC(NC(=O)C3CCCC(C)C3)C2)cc1. The van der Waals surface area contributed by atoms with Gasteiger partial charge in [0, 0.05) is 19.0 Å². The molecule has 1 amide bonds. The van der Waals surface area contributed by atoms with Gasteiger partial charge < -0.3 is 10.1 Å². The molecule has 2 atom stereocenters. The largest absolute Gasteiger partial charge is 0.497 e. The minimum Gasteiger partial charge on any atom is -0.497 e. The predicted octanol–water partition coefficient (Wildman–Crippen LogP) is 2.01. The number of methoxy groups -OCH3 is 1. The average molecular weight is 366 g/mol. The molecular weight excluding hydrogens is 340 g/mol. The van der Waals surface area contributed by atoms with Crippen LogP contribution in [-0.4, -0.2) is 44.9 Å². The van der Waals surface area contributed by atoms with Crippen LogP contribution in [0.1, 0.15) is 32.6 Å². The summed E-state index contributed by atoms with van der Waals surface area (Å²) < 4.78 is 31.6. The minimum atomic E-state index is -3.50. The highest BCUT2D eigenvalue weighted by Crippen LogP contribution is 2.29. The molecule has 0 radical (unpaired) electrons. The molecule has 1 heterocycles. The van der Waals surface area contributed by atoms with Gasteiger partial charge in [0.2, 0.25) is 15.9 Å². The van der Waals surface area contributed by atoms with Crippen molar-refractivity contribution in [2.75, 3.05) is 20.2 Å². The van der Waals surface area contributed by atoms with Crippen LogP contribution < -0.4 is 10.1 Å². The lowest BCUT2D eigenvalue weighted by Crippen LogP contribution is -2.61. The van der Waals surface area contributed by atoms with Crippen LogP contribution in [0.2, 0.25) is 0 Å². The van der Waals surface area contributed by atoms with Crippen LogP contribution in [0.25, 0.3) is 0 Å². The molecule has 0 bridgehead atoms. The quantitative estimate of drug-likeness (QED) is 0.865. The Balaban J connectivity index is 1.53. The number of ether oxygens (including phenoxy) is 1. The van der Waals surface area contributed by atoms with Crippen LogP contribution in [-0.2, 0) is 14.8 Å². The van der Waals surface area contributed by atoms with E-state index >= 15 is 0 Å². The molecular formula is C18H26N2O4S. The van der Waals surface area contributed by atoms with Gasteiger partial charge in [0.1, 0.15) is 5.75 Å². The summed E-state index contributed by atoms with van der Waals surface area (Å²) in [5.74, 6) is 1.38. The van der Waals surface area contributed by atoms with E-state index < -0.39 is 10.0 Å². The molecule has 1 aromatic rings. The minimum absolute atomic E-state index is 0.0796. The Morgan fingerprint density at radius 3 is 2.48 bits per heavy atom. The van der Waals surface area contributed by atoms with Crippen LogP contribution in [0.4, 0.5) is 0 Å². The molecule has 1 aromatic carbocycles. The highest BCUT2D eigenvalue weighted by atomic mass is 32.2. The van der Waals surface area contributed by atoms with Crippen molar-refractivity contribution < 1.29 is 17.9 Å². The summed E-state index contributed by atoms with van der Waals surface area (Å²) in [5, 5.41) is 3.01. The number of carbonyl (C=O) groups is 1. The van der Waals surface area contributed by atoms with Crippen molar-refractivity contribution in [1.82, 2.24) is 9.62 Å². The van der Waals surface area contributed by atoms with Gasteiger partial charge in [0.15, 0.2) is 0 Å². The van der Waals surface area contributed by atoms with Gasteiger partial charge in [-0.3, -0.25) is 4.79 Å². The molecule has 2 unspecified atom stereocenters. The number of hydrogen-bond donors (Lipinski definition) is 1. The van der Waals surface area contributed by atoms with Gasteiger partial charge >= 0.3 is 0 Å². The molecule has 0 aromatic heterocycles. The van der Waals surface area contributed by atoms with E-state index in [9.17, 15) is 13.2 Å². The van der Waals surface area contributed by atoms with Crippen LogP contribution in [0, 0.1) is 11.8 Å². The highest BCUT2D eigenvalue weighted by Gasteiger charge is 2.38. The highest BCUT2D eigenvalue weighted by molar-refractivity contribution is 7.89. The third-order valence-electron chi connectivity index (χ3n) is 5.20. The number of benzene rings is 1. The van der Waals surface area contributed by atoms with E-state index in [-0.39, 0.29) is 22.8 Å². The second kappa shape index (κ2) is 7.33. The van der Waals surface area contributed by atoms with Crippen LogP contribution in [0.3, 0.4) is 0 Å². The summed E-state index contributed by atoms with van der Waals surface area (Å²) in [6, 6.07) is 6.28. The smallest absolute Gasteiger partial charge is 0.243 e. The molecule has 1 aliphatic heterocycles. The Kier molecular flexibility index (Phi) is 5.34. The van der Waals surface area contributed by atoms with E-state index in [1.165, 1.54) is 10.7 Å². The third kappa shape index (κ3) is 3.98. The van der Waals surface area contributed by atoms with Gasteiger partial charge in [-0.25, -0.2) is 8.42 Å². The van der Waals surface area contributed by atoms with E-state index in [0.29, 0.717) is 24.8 Å². The third-order valence-corrected chi connectivity index (χ3v) is 7.04. The van der Waals surface area contributed by atoms with Crippen molar-refractivity contribution >= 4 is 15.9 Å². The first kappa shape index (κ1) is 18.2. The molecule has 1 N–H and O–H groups in total. The first-order chi connectivity index (χ1) is 11.9. The van der Waals surface area contributed by atoms with E-state index in [2.05, 4.69) is 12.2 Å². The van der Waals surface area contributed by atoms with E-state index in [4.69, 9.17) is 4.74 Å². The van der Waals surface area contributed by atoms with Gasteiger partial charge in [-0.05, 0) is 43.0 Å². The van der Waals surface area contributed by atoms with Crippen molar-refractivity contribution in [3.8, 4) is 5.75 Å². The lowest BCUT2D eigenvalue weighted by molar-refractivity contribution is -0.127. The molecule has 2 fully saturated rings. The second-order valence-electron chi connectivity index (χ2n) is 7.17. The van der Waals surface area contributed by atoms with Gasteiger partial charge in [-0.15, -0.1) is 0 Å². The summed E-state index contributed by atoms with van der Waals surface area (Å²) in [6.07, 6.45) is 4.17. The molecule has 3 rings (SSSR count). The van der Waals surface area contributed by atoms with Crippen molar-refractivity contribution in [1.29, 1.82) is 0 Å². The number of sulfonamides is 1. The first-order valence-corrected chi connectivity index (χ1v) is 10.3. The maximum absolute atomic E-state index is 12.6. The van der Waals surface area contributed by atoms with Crippen LogP contribution >= 0.6 is 0 Å². The Morgan fingerprint density at radius 2 is 1.88 bits per heavy atom. The van der Waals surface area contributed by atoms with E-state index in [0.717, 1.165) is 19.3 Å². The molecule has 7 heteroatoms. The Morgan fingerprint density at radius 1 is 1.20 bits per heavy atom. The number of rotatable bonds is 5. The van der Waals surface area contributed by atoms with Crippen molar-refractivity contribution in [3.05, 3.63) is 24.3 Å². The number of hydrogen-bond acceptors (Lipinski definition) is 4. The Hall–Kier alpha value is -1.60. The topological polar surface area (TPSA) is 75.7 Å². The molecule has 1 aliphatic carbocycles. The number of nitrogens with zero attached hydrogens (tertiary/aromatic N) is 1. The van der Waals surface area contributed by atoms with Gasteiger partial charge in [-0.2, -0.15) is 4.31 Å². The molecule has 2 aliphatic rings. The average Bonchev–Trinajstić information content (AvgIpc) is 2.57. The summed E-state index contributed by atoms with van der Waals surface area (Å²) >= 11 is 0. The fraction of sp³-hybridized carbons (Fsp3) is 0.611. The second-order valence-corrected chi connectivity index (χ2v) is 9.11. The molecule has 1 saturated heterocycles. The Bertz CT molecular complexity index is 711. The predicted molar refractivity (Wildman–Crippen MR) is 94.8 cm³/mol. The van der Waals surface area contributed by atoms with Crippen molar-refractivity contribution in [2.45, 2.75) is 43.5 Å². The standard InChI is InChI=1S/C18H26N2O4S/c1-13-4-3-5-14(10-13)18(21)19-15-11-20(12-15)25(22,23)17-8-6-16(24-2)7-9-17/h6-9,13-15H,3-5,10-12H2,1-2H3,(H,19,21). The zero-order chi connectivity index (χ0) is 18.0. The lowest BCUT2D eigenvalue weighted by Gasteiger charge is -2.39. The maximum Gasteiger partial charge on any atom is 0.243 e. The van der Waals surface area contributed by atoms with E-state index in [1.54, 1.807) is 31.4 Å². The first-order valence-electron chi connectivity index (χ1n) is 8.84. The molecule has 6 nitrogen and oxygen atoms in total. The number of nitrogens with one attached hydrogen (secondary N) is 1. The lowest BCUT2D eigenvalue weighted by atomic mass is 9.82. The van der Waals surface area contributed by atoms with Crippen LogP contribution in [0.15, 0.2) is 29.2 Å². The molecule has 1 saturated carbocycles. The van der Waals surface area contributed by atoms with Gasteiger partial charge in [0.05, 0.1) is 18.0 Å². The van der Waals surface area contributed by atoms with E-state index in [1.807, 2.05) is 0 Å². The summed E-state index contributed by atoms with van der Waals surface area (Å²) in [7, 11) is -1.96. The zero-order valence-electron chi connectivity index (χ0n) is 14.8. The van der Waals surface area contributed by atoms with Crippen molar-refractivity contribution in [2.24, 2.45) is 11.8 Å². The van der Waals surface area contributed by atoms with Crippen LogP contribution in [0.5, 0.6) is 5.75 Å². The zero-order valence-corrected chi connectivity index (χ0v) is 15.6. The fourth-order valence-corrected chi connectivity index (χ4v) is 5.14. The summed E-state index contributed by atoms with van der Waals surface area (Å²) in [6.45, 7) is 2.86. The maximum atomic E-state index is 12.6. The number of amides is 1.